The summed E-state index contributed by atoms with van der Waals surface area (Å²) in [6.45, 7) is 1.82. The van der Waals surface area contributed by atoms with Crippen molar-refractivity contribution in [1.82, 2.24) is 9.78 Å². The molecule has 2 aromatic carbocycles. The van der Waals surface area contributed by atoms with Crippen LogP contribution in [0.2, 0.25) is 0 Å². The smallest absolute Gasteiger partial charge is 0.224 e. The standard InChI is InChI=1S/C20H21N3O3/c1-4-20(24)22-14-5-7-15(8-6-14)23-18(11-12-21-23)17-10-9-16(25-2)13-19(17)26-3/h5-13H,4H2,1-3H3,(H,22,24). The van der Waals surface area contributed by atoms with E-state index in [2.05, 4.69) is 10.4 Å². The lowest BCUT2D eigenvalue weighted by Crippen LogP contribution is -2.09. The van der Waals surface area contributed by atoms with E-state index in [-0.39, 0.29) is 5.91 Å². The van der Waals surface area contributed by atoms with Gasteiger partial charge in [0.05, 0.1) is 31.8 Å². The quantitative estimate of drug-likeness (QED) is 0.731. The maximum Gasteiger partial charge on any atom is 0.224 e. The highest BCUT2D eigenvalue weighted by Crippen LogP contribution is 2.34. The third kappa shape index (κ3) is 3.54. The maximum atomic E-state index is 11.5. The third-order valence-corrected chi connectivity index (χ3v) is 4.04. The number of carbonyl (C=O) groups excluding carboxylic acids is 1. The van der Waals surface area contributed by atoms with Crippen LogP contribution in [0, 0.1) is 0 Å². The molecular formula is C20H21N3O3. The van der Waals surface area contributed by atoms with Crippen LogP contribution in [-0.4, -0.2) is 29.9 Å². The summed E-state index contributed by atoms with van der Waals surface area (Å²) in [6, 6.07) is 15.2. The first-order chi connectivity index (χ1) is 12.7. The van der Waals surface area contributed by atoms with Crippen molar-refractivity contribution in [1.29, 1.82) is 0 Å². The molecule has 1 aromatic heterocycles. The lowest BCUT2D eigenvalue weighted by molar-refractivity contribution is -0.115. The zero-order valence-electron chi connectivity index (χ0n) is 15.0. The van der Waals surface area contributed by atoms with Crippen LogP contribution in [0.3, 0.4) is 0 Å². The van der Waals surface area contributed by atoms with E-state index in [1.807, 2.05) is 60.1 Å². The van der Waals surface area contributed by atoms with Crippen molar-refractivity contribution in [2.75, 3.05) is 19.5 Å². The first kappa shape index (κ1) is 17.5. The molecule has 1 amide bonds. The van der Waals surface area contributed by atoms with Crippen molar-refractivity contribution >= 4 is 11.6 Å². The second-order valence-corrected chi connectivity index (χ2v) is 5.64. The van der Waals surface area contributed by atoms with Gasteiger partial charge in [-0.2, -0.15) is 5.10 Å². The Bertz CT molecular complexity index is 901. The number of rotatable bonds is 6. The Hall–Kier alpha value is -3.28. The fourth-order valence-corrected chi connectivity index (χ4v) is 2.66. The number of nitrogens with zero attached hydrogens (tertiary/aromatic N) is 2. The van der Waals surface area contributed by atoms with Gasteiger partial charge in [0.2, 0.25) is 5.91 Å². The van der Waals surface area contributed by atoms with Gasteiger partial charge in [-0.05, 0) is 42.5 Å². The number of methoxy groups -OCH3 is 2. The van der Waals surface area contributed by atoms with Crippen LogP contribution in [0.15, 0.2) is 54.7 Å². The maximum absolute atomic E-state index is 11.5. The molecule has 26 heavy (non-hydrogen) atoms. The molecule has 0 aliphatic heterocycles. The van der Waals surface area contributed by atoms with Crippen molar-refractivity contribution in [3.8, 4) is 28.4 Å². The van der Waals surface area contributed by atoms with Gasteiger partial charge in [0, 0.05) is 23.7 Å². The predicted molar refractivity (Wildman–Crippen MR) is 101 cm³/mol. The van der Waals surface area contributed by atoms with E-state index in [1.165, 1.54) is 0 Å². The number of carbonyl (C=O) groups is 1. The van der Waals surface area contributed by atoms with Crippen molar-refractivity contribution in [3.05, 3.63) is 54.7 Å². The summed E-state index contributed by atoms with van der Waals surface area (Å²) in [6.07, 6.45) is 2.19. The van der Waals surface area contributed by atoms with Gasteiger partial charge in [-0.15, -0.1) is 0 Å². The Labute approximate surface area is 152 Å². The van der Waals surface area contributed by atoms with Crippen LogP contribution < -0.4 is 14.8 Å². The molecule has 0 aliphatic rings. The zero-order chi connectivity index (χ0) is 18.5. The van der Waals surface area contributed by atoms with Crippen molar-refractivity contribution in [2.24, 2.45) is 0 Å². The SMILES string of the molecule is CCC(=O)Nc1ccc(-n2nccc2-c2ccc(OC)cc2OC)cc1. The number of hydrogen-bond donors (Lipinski definition) is 1. The summed E-state index contributed by atoms with van der Waals surface area (Å²) in [7, 11) is 3.25. The summed E-state index contributed by atoms with van der Waals surface area (Å²) in [4.78, 5) is 11.5. The molecule has 0 bridgehead atoms. The van der Waals surface area contributed by atoms with Crippen molar-refractivity contribution in [3.63, 3.8) is 0 Å². The fourth-order valence-electron chi connectivity index (χ4n) is 2.66. The summed E-state index contributed by atoms with van der Waals surface area (Å²) in [5.74, 6) is 1.42. The molecule has 0 spiro atoms. The molecule has 0 saturated carbocycles. The first-order valence-electron chi connectivity index (χ1n) is 8.33. The van der Waals surface area contributed by atoms with Crippen LogP contribution in [0.25, 0.3) is 16.9 Å². The highest BCUT2D eigenvalue weighted by Gasteiger charge is 2.13. The predicted octanol–water partition coefficient (Wildman–Crippen LogP) is 3.91. The summed E-state index contributed by atoms with van der Waals surface area (Å²) in [5.41, 5.74) is 3.46. The van der Waals surface area contributed by atoms with Crippen molar-refractivity contribution in [2.45, 2.75) is 13.3 Å². The van der Waals surface area contributed by atoms with Gasteiger partial charge in [-0.25, -0.2) is 4.68 Å². The molecule has 0 saturated heterocycles. The molecule has 6 nitrogen and oxygen atoms in total. The monoisotopic (exact) mass is 351 g/mol. The van der Waals surface area contributed by atoms with Gasteiger partial charge in [-0.3, -0.25) is 4.79 Å². The van der Waals surface area contributed by atoms with Crippen LogP contribution in [-0.2, 0) is 4.79 Å². The highest BCUT2D eigenvalue weighted by molar-refractivity contribution is 5.90. The normalized spacial score (nSPS) is 10.4. The zero-order valence-corrected chi connectivity index (χ0v) is 15.0. The number of hydrogen-bond acceptors (Lipinski definition) is 4. The Morgan fingerprint density at radius 1 is 1.08 bits per heavy atom. The van der Waals surface area contributed by atoms with Crippen LogP contribution in [0.4, 0.5) is 5.69 Å². The third-order valence-electron chi connectivity index (χ3n) is 4.04. The van der Waals surface area contributed by atoms with Gasteiger partial charge in [0.25, 0.3) is 0 Å². The molecule has 3 rings (SSSR count). The van der Waals surface area contributed by atoms with E-state index < -0.39 is 0 Å². The number of benzene rings is 2. The number of amides is 1. The fraction of sp³-hybridized carbons (Fsp3) is 0.200. The second kappa shape index (κ2) is 7.74. The average molecular weight is 351 g/mol. The molecule has 3 aromatic rings. The molecule has 0 fully saturated rings. The van der Waals surface area contributed by atoms with Gasteiger partial charge in [-0.1, -0.05) is 6.92 Å². The summed E-state index contributed by atoms with van der Waals surface area (Å²) < 4.78 is 12.6. The van der Waals surface area contributed by atoms with Gasteiger partial charge >= 0.3 is 0 Å². The van der Waals surface area contributed by atoms with Crippen LogP contribution in [0.5, 0.6) is 11.5 Å². The first-order valence-corrected chi connectivity index (χ1v) is 8.33. The minimum absolute atomic E-state index is 0.0134. The lowest BCUT2D eigenvalue weighted by Gasteiger charge is -2.13. The van der Waals surface area contributed by atoms with E-state index in [4.69, 9.17) is 9.47 Å². The van der Waals surface area contributed by atoms with E-state index >= 15 is 0 Å². The van der Waals surface area contributed by atoms with Gasteiger partial charge in [0.1, 0.15) is 11.5 Å². The number of nitrogens with one attached hydrogen (secondary N) is 1. The van der Waals surface area contributed by atoms with Crippen molar-refractivity contribution < 1.29 is 14.3 Å². The number of ether oxygens (including phenoxy) is 2. The molecule has 0 atom stereocenters. The number of anilines is 1. The Morgan fingerprint density at radius 2 is 1.85 bits per heavy atom. The van der Waals surface area contributed by atoms with Gasteiger partial charge < -0.3 is 14.8 Å². The van der Waals surface area contributed by atoms with E-state index in [1.54, 1.807) is 20.4 Å². The van der Waals surface area contributed by atoms with E-state index in [0.29, 0.717) is 12.2 Å². The summed E-state index contributed by atoms with van der Waals surface area (Å²) in [5, 5.41) is 7.27. The molecule has 1 N–H and O–H groups in total. The van der Waals surface area contributed by atoms with E-state index in [0.717, 1.165) is 28.4 Å². The molecule has 1 heterocycles. The molecular weight excluding hydrogens is 330 g/mol. The van der Waals surface area contributed by atoms with Crippen LogP contribution >= 0.6 is 0 Å². The minimum Gasteiger partial charge on any atom is -0.497 e. The molecule has 0 unspecified atom stereocenters. The Morgan fingerprint density at radius 3 is 2.50 bits per heavy atom. The van der Waals surface area contributed by atoms with Crippen LogP contribution in [0.1, 0.15) is 13.3 Å². The van der Waals surface area contributed by atoms with E-state index in [9.17, 15) is 4.79 Å². The second-order valence-electron chi connectivity index (χ2n) is 5.64. The molecule has 0 radical (unpaired) electrons. The molecule has 6 heteroatoms. The highest BCUT2D eigenvalue weighted by atomic mass is 16.5. The lowest BCUT2D eigenvalue weighted by atomic mass is 10.1. The Kier molecular flexibility index (Phi) is 5.22. The molecule has 134 valence electrons. The van der Waals surface area contributed by atoms with Gasteiger partial charge in [0.15, 0.2) is 0 Å². The topological polar surface area (TPSA) is 65.4 Å². The molecule has 0 aliphatic carbocycles. The average Bonchev–Trinajstić information content (AvgIpc) is 3.17. The largest absolute Gasteiger partial charge is 0.497 e. The Balaban J connectivity index is 1.95. The minimum atomic E-state index is -0.0134. The summed E-state index contributed by atoms with van der Waals surface area (Å²) >= 11 is 0. The number of aromatic nitrogens is 2.